The first kappa shape index (κ1) is 23.2. The van der Waals surface area contributed by atoms with Gasteiger partial charge in [0.15, 0.2) is 0 Å². The molecule has 0 amide bonds. The third-order valence-corrected chi connectivity index (χ3v) is 7.30. The maximum Gasteiger partial charge on any atom is 0.150 e. The molecular formula is C22H27N3O2S2. The first-order valence-electron chi connectivity index (χ1n) is 9.72. The minimum absolute atomic E-state index is 0.632. The minimum atomic E-state index is 0.632. The summed E-state index contributed by atoms with van der Waals surface area (Å²) in [6.45, 7) is 0. The van der Waals surface area contributed by atoms with E-state index in [1.807, 2.05) is 52.9 Å². The summed E-state index contributed by atoms with van der Waals surface area (Å²) in [5.41, 5.74) is 3.17. The van der Waals surface area contributed by atoms with E-state index < -0.39 is 0 Å². The number of anilines is 1. The van der Waals surface area contributed by atoms with Crippen molar-refractivity contribution in [2.24, 2.45) is 10.2 Å². The van der Waals surface area contributed by atoms with Gasteiger partial charge in [-0.3, -0.25) is 4.79 Å². The zero-order valence-electron chi connectivity index (χ0n) is 16.6. The molecule has 1 aliphatic heterocycles. The van der Waals surface area contributed by atoms with Crippen LogP contribution >= 0.6 is 21.6 Å². The number of aldehydes is 2. The molecule has 5 nitrogen and oxygen atoms in total. The van der Waals surface area contributed by atoms with Crippen LogP contribution in [0.3, 0.4) is 0 Å². The lowest BCUT2D eigenvalue weighted by Crippen LogP contribution is -1.96. The van der Waals surface area contributed by atoms with Crippen LogP contribution in [0.5, 0.6) is 0 Å². The Morgan fingerprint density at radius 2 is 1.66 bits per heavy atom. The van der Waals surface area contributed by atoms with Gasteiger partial charge in [0.05, 0.1) is 11.4 Å². The number of benzene rings is 2. The number of hydrogen-bond acceptors (Lipinski definition) is 7. The van der Waals surface area contributed by atoms with Crippen LogP contribution in [0.25, 0.3) is 0 Å². The largest absolute Gasteiger partial charge is 0.388 e. The Morgan fingerprint density at radius 1 is 1.00 bits per heavy atom. The predicted octanol–water partition coefficient (Wildman–Crippen LogP) is 6.86. The molecule has 2 aromatic rings. The fraction of sp³-hybridized carbons (Fsp3) is 0.364. The van der Waals surface area contributed by atoms with Gasteiger partial charge in [-0.05, 0) is 67.8 Å². The van der Waals surface area contributed by atoms with E-state index >= 15 is 0 Å². The molecule has 0 radical (unpaired) electrons. The summed E-state index contributed by atoms with van der Waals surface area (Å²) in [5.74, 6) is 1.32. The summed E-state index contributed by atoms with van der Waals surface area (Å²) in [7, 11) is 5.89. The van der Waals surface area contributed by atoms with Gasteiger partial charge in [0.1, 0.15) is 12.6 Å². The summed E-state index contributed by atoms with van der Waals surface area (Å²) in [6.07, 6.45) is 7.59. The van der Waals surface area contributed by atoms with Crippen LogP contribution in [0.1, 0.15) is 42.5 Å². The lowest BCUT2D eigenvalue weighted by molar-refractivity contribution is -0.107. The summed E-state index contributed by atoms with van der Waals surface area (Å²) >= 11 is 0. The normalized spacial score (nSPS) is 15.6. The zero-order chi connectivity index (χ0) is 20.7. The summed E-state index contributed by atoms with van der Waals surface area (Å²) in [4.78, 5) is 20.5. The van der Waals surface area contributed by atoms with Crippen molar-refractivity contribution in [1.29, 1.82) is 0 Å². The number of azo groups is 1. The fourth-order valence-corrected chi connectivity index (χ4v) is 5.62. The SMILES string of the molecule is CNc1ccc(N=Nc2ccc(C=O)cc2)cc1.O=CCCCCC1CCSS1. The molecule has 1 aliphatic rings. The summed E-state index contributed by atoms with van der Waals surface area (Å²) in [6, 6.07) is 14.6. The average Bonchev–Trinajstić information content (AvgIpc) is 3.30. The standard InChI is InChI=1S/C14H13N3O.C8H14OS2/c1-15-12-6-8-14(9-7-12)17-16-13-4-2-11(10-18)3-5-13;9-6-3-1-2-4-8-5-7-10-11-8/h2-10,15H,1H3;6,8H,1-5,7H2. The molecule has 2 aromatic carbocycles. The van der Waals surface area contributed by atoms with E-state index in [-0.39, 0.29) is 0 Å². The Balaban J connectivity index is 0.000000234. The third kappa shape index (κ3) is 9.28. The highest BCUT2D eigenvalue weighted by Crippen LogP contribution is 2.39. The molecular weight excluding hydrogens is 402 g/mol. The predicted molar refractivity (Wildman–Crippen MR) is 125 cm³/mol. The molecule has 1 N–H and O–H groups in total. The molecule has 29 heavy (non-hydrogen) atoms. The number of hydrogen-bond donors (Lipinski definition) is 1. The Morgan fingerprint density at radius 3 is 2.17 bits per heavy atom. The van der Waals surface area contributed by atoms with E-state index in [0.29, 0.717) is 5.56 Å². The topological polar surface area (TPSA) is 70.9 Å². The van der Waals surface area contributed by atoms with Crippen LogP contribution in [0.15, 0.2) is 58.8 Å². The van der Waals surface area contributed by atoms with Crippen LogP contribution in [0.2, 0.25) is 0 Å². The van der Waals surface area contributed by atoms with Crippen molar-refractivity contribution < 1.29 is 9.59 Å². The van der Waals surface area contributed by atoms with Crippen molar-refractivity contribution in [3.05, 3.63) is 54.1 Å². The van der Waals surface area contributed by atoms with Crippen molar-refractivity contribution in [1.82, 2.24) is 0 Å². The van der Waals surface area contributed by atoms with Crippen molar-refractivity contribution in [3.8, 4) is 0 Å². The molecule has 0 aromatic heterocycles. The first-order valence-corrected chi connectivity index (χ1v) is 12.1. The van der Waals surface area contributed by atoms with Crippen molar-refractivity contribution >= 4 is 51.2 Å². The lowest BCUT2D eigenvalue weighted by Gasteiger charge is -2.04. The van der Waals surface area contributed by atoms with Crippen LogP contribution in [-0.2, 0) is 4.79 Å². The molecule has 0 spiro atoms. The average molecular weight is 430 g/mol. The van der Waals surface area contributed by atoms with E-state index in [2.05, 4.69) is 15.5 Å². The summed E-state index contributed by atoms with van der Waals surface area (Å²) < 4.78 is 0. The molecule has 1 saturated heterocycles. The van der Waals surface area contributed by atoms with Gasteiger partial charge in [-0.25, -0.2) is 0 Å². The second-order valence-corrected chi connectivity index (χ2v) is 9.27. The Hall–Kier alpha value is -2.12. The van der Waals surface area contributed by atoms with Gasteiger partial charge in [-0.1, -0.05) is 28.0 Å². The highest BCUT2D eigenvalue weighted by Gasteiger charge is 2.15. The molecule has 0 aliphatic carbocycles. The molecule has 1 unspecified atom stereocenters. The molecule has 154 valence electrons. The van der Waals surface area contributed by atoms with Gasteiger partial charge < -0.3 is 10.1 Å². The van der Waals surface area contributed by atoms with Gasteiger partial charge in [0.25, 0.3) is 0 Å². The Bertz CT molecular complexity index is 759. The molecule has 7 heteroatoms. The molecule has 0 saturated carbocycles. The summed E-state index contributed by atoms with van der Waals surface area (Å²) in [5, 5.41) is 12.1. The minimum Gasteiger partial charge on any atom is -0.388 e. The second-order valence-electron chi connectivity index (χ2n) is 6.49. The Kier molecular flexibility index (Phi) is 11.1. The van der Waals surface area contributed by atoms with Crippen molar-refractivity contribution in [2.45, 2.75) is 37.4 Å². The monoisotopic (exact) mass is 429 g/mol. The fourth-order valence-electron chi connectivity index (χ4n) is 2.59. The lowest BCUT2D eigenvalue weighted by atomic mass is 10.1. The number of rotatable bonds is 9. The molecule has 0 bridgehead atoms. The van der Waals surface area contributed by atoms with Gasteiger partial charge in [-0.2, -0.15) is 10.2 Å². The van der Waals surface area contributed by atoms with Crippen LogP contribution in [0.4, 0.5) is 17.1 Å². The van der Waals surface area contributed by atoms with Crippen LogP contribution in [-0.4, -0.2) is 30.6 Å². The van der Waals surface area contributed by atoms with Gasteiger partial charge in [-0.15, -0.1) is 0 Å². The molecule has 3 rings (SSSR count). The Labute approximate surface area is 180 Å². The van der Waals surface area contributed by atoms with Crippen LogP contribution < -0.4 is 5.32 Å². The number of nitrogens with zero attached hydrogens (tertiary/aromatic N) is 2. The van der Waals surface area contributed by atoms with E-state index in [4.69, 9.17) is 0 Å². The number of nitrogens with one attached hydrogen (secondary N) is 1. The van der Waals surface area contributed by atoms with Crippen molar-refractivity contribution in [2.75, 3.05) is 18.1 Å². The molecule has 1 atom stereocenters. The number of carbonyl (C=O) groups excluding carboxylic acids is 2. The van der Waals surface area contributed by atoms with E-state index in [1.54, 1.807) is 24.3 Å². The number of unbranched alkanes of at least 4 members (excludes halogenated alkanes) is 2. The number of carbonyl (C=O) groups is 2. The quantitative estimate of drug-likeness (QED) is 0.204. The van der Waals surface area contributed by atoms with Gasteiger partial charge in [0.2, 0.25) is 0 Å². The van der Waals surface area contributed by atoms with Gasteiger partial charge >= 0.3 is 0 Å². The molecule has 1 heterocycles. The van der Waals surface area contributed by atoms with E-state index in [9.17, 15) is 9.59 Å². The zero-order valence-corrected chi connectivity index (χ0v) is 18.3. The maximum atomic E-state index is 10.5. The molecule has 1 fully saturated rings. The highest BCUT2D eigenvalue weighted by atomic mass is 33.1. The van der Waals surface area contributed by atoms with E-state index in [1.165, 1.54) is 25.0 Å². The van der Waals surface area contributed by atoms with Gasteiger partial charge in [0, 0.05) is 35.7 Å². The highest BCUT2D eigenvalue weighted by molar-refractivity contribution is 8.77. The van der Waals surface area contributed by atoms with Crippen molar-refractivity contribution in [3.63, 3.8) is 0 Å². The smallest absolute Gasteiger partial charge is 0.150 e. The first-order chi connectivity index (χ1) is 14.2. The van der Waals surface area contributed by atoms with E-state index in [0.717, 1.165) is 47.7 Å². The third-order valence-electron chi connectivity index (χ3n) is 4.29. The maximum absolute atomic E-state index is 10.5. The second kappa shape index (κ2) is 14.0. The van der Waals surface area contributed by atoms with Crippen LogP contribution in [0, 0.1) is 0 Å².